The first-order chi connectivity index (χ1) is 9.22. The molecule has 0 amide bonds. The van der Waals surface area contributed by atoms with Crippen LogP contribution in [0.2, 0.25) is 13.1 Å². The van der Waals surface area contributed by atoms with E-state index in [-0.39, 0.29) is 11.4 Å². The number of ether oxygens (including phenoxy) is 2. The van der Waals surface area contributed by atoms with Crippen molar-refractivity contribution in [2.24, 2.45) is 0 Å². The fourth-order valence-electron chi connectivity index (χ4n) is 2.07. The predicted octanol–water partition coefficient (Wildman–Crippen LogP) is 3.14. The lowest BCUT2D eigenvalue weighted by atomic mass is 9.84. The summed E-state index contributed by atoms with van der Waals surface area (Å²) in [5.74, 6) is 0.947. The number of carbonyl (C=O) groups is 1. The largest absolute Gasteiger partial charge is 0.546 e. The highest BCUT2D eigenvalue weighted by Crippen LogP contribution is 2.41. The van der Waals surface area contributed by atoms with E-state index in [1.165, 1.54) is 7.11 Å². The summed E-state index contributed by atoms with van der Waals surface area (Å²) in [6.07, 6.45) is 0. The fourth-order valence-corrected chi connectivity index (χ4v) is 2.79. The number of carbonyl (C=O) groups excluding carboxylic acids is 1. The molecular formula is C15H24O4Si. The lowest BCUT2D eigenvalue weighted by molar-refractivity contribution is 0.0598. The van der Waals surface area contributed by atoms with E-state index in [0.717, 1.165) is 11.3 Å². The number of esters is 1. The lowest BCUT2D eigenvalue weighted by Crippen LogP contribution is -2.22. The average Bonchev–Trinajstić information content (AvgIpc) is 2.35. The molecule has 1 rings (SSSR count). The molecule has 0 atom stereocenters. The first kappa shape index (κ1) is 16.6. The third-order valence-corrected chi connectivity index (χ3v) is 3.56. The zero-order chi connectivity index (χ0) is 15.5. The Kier molecular flexibility index (Phi) is 5.22. The molecule has 112 valence electrons. The monoisotopic (exact) mass is 296 g/mol. The molecule has 20 heavy (non-hydrogen) atoms. The summed E-state index contributed by atoms with van der Waals surface area (Å²) >= 11 is 0. The second-order valence-corrected chi connectivity index (χ2v) is 8.26. The fraction of sp³-hybridized carbons (Fsp3) is 0.533. The second-order valence-electron chi connectivity index (χ2n) is 5.93. The highest BCUT2D eigenvalue weighted by Gasteiger charge is 2.29. The van der Waals surface area contributed by atoms with Crippen LogP contribution in [0.4, 0.5) is 0 Å². The van der Waals surface area contributed by atoms with Crippen molar-refractivity contribution in [3.63, 3.8) is 0 Å². The number of benzene rings is 1. The van der Waals surface area contributed by atoms with Crippen molar-refractivity contribution in [2.75, 3.05) is 14.2 Å². The molecule has 0 fully saturated rings. The van der Waals surface area contributed by atoms with Crippen molar-refractivity contribution in [1.29, 1.82) is 0 Å². The minimum Gasteiger partial charge on any atom is -0.546 e. The maximum Gasteiger partial charge on any atom is 0.341 e. The summed E-state index contributed by atoms with van der Waals surface area (Å²) < 4.78 is 16.3. The van der Waals surface area contributed by atoms with Gasteiger partial charge >= 0.3 is 5.97 Å². The smallest absolute Gasteiger partial charge is 0.341 e. The molecule has 0 spiro atoms. The number of hydrogen-bond donors (Lipinski definition) is 0. The average molecular weight is 296 g/mol. The number of rotatable bonds is 4. The predicted molar refractivity (Wildman–Crippen MR) is 82.5 cm³/mol. The van der Waals surface area contributed by atoms with Gasteiger partial charge in [-0.25, -0.2) is 4.79 Å². The van der Waals surface area contributed by atoms with Crippen LogP contribution in [0.15, 0.2) is 12.1 Å². The van der Waals surface area contributed by atoms with E-state index >= 15 is 0 Å². The Balaban J connectivity index is 3.61. The maximum absolute atomic E-state index is 12.0. The molecule has 1 aromatic rings. The van der Waals surface area contributed by atoms with E-state index in [9.17, 15) is 4.79 Å². The van der Waals surface area contributed by atoms with Gasteiger partial charge in [0.1, 0.15) is 17.1 Å². The van der Waals surface area contributed by atoms with Gasteiger partial charge in [-0.2, -0.15) is 0 Å². The van der Waals surface area contributed by atoms with Gasteiger partial charge in [-0.1, -0.05) is 20.8 Å². The summed E-state index contributed by atoms with van der Waals surface area (Å²) in [5.41, 5.74) is 1.16. The molecule has 0 bridgehead atoms. The summed E-state index contributed by atoms with van der Waals surface area (Å²) in [7, 11) is 1.63. The van der Waals surface area contributed by atoms with Gasteiger partial charge in [0, 0.05) is 5.56 Å². The molecule has 0 saturated heterocycles. The van der Waals surface area contributed by atoms with E-state index in [1.54, 1.807) is 19.2 Å². The van der Waals surface area contributed by atoms with Gasteiger partial charge in [0.15, 0.2) is 0 Å². The Labute approximate surface area is 122 Å². The number of hydrogen-bond acceptors (Lipinski definition) is 4. The van der Waals surface area contributed by atoms with Crippen molar-refractivity contribution < 1.29 is 18.7 Å². The lowest BCUT2D eigenvalue weighted by Gasteiger charge is -2.27. The van der Waals surface area contributed by atoms with Crippen molar-refractivity contribution >= 4 is 15.0 Å². The van der Waals surface area contributed by atoms with Crippen LogP contribution in [0.1, 0.15) is 36.7 Å². The van der Waals surface area contributed by atoms with E-state index in [1.807, 2.05) is 0 Å². The quantitative estimate of drug-likeness (QED) is 0.632. The van der Waals surface area contributed by atoms with Crippen LogP contribution in [-0.4, -0.2) is 29.2 Å². The zero-order valence-corrected chi connectivity index (χ0v) is 14.5. The zero-order valence-electron chi connectivity index (χ0n) is 13.4. The summed E-state index contributed by atoms with van der Waals surface area (Å²) in [5, 5.41) is 0. The normalized spacial score (nSPS) is 11.4. The minimum absolute atomic E-state index is 0.200. The Morgan fingerprint density at radius 1 is 1.15 bits per heavy atom. The molecule has 0 heterocycles. The Hall–Kier alpha value is -1.49. The first-order valence-electron chi connectivity index (χ1n) is 6.68. The van der Waals surface area contributed by atoms with E-state index in [2.05, 4.69) is 33.9 Å². The standard InChI is InChI=1S/C15H24O4Si/c1-15(2,3)12-11(17-4)9-8-10(14(16)18-5)13(12)19-20(6)7/h8-9,20H,1-7H3. The third-order valence-electron chi connectivity index (χ3n) is 2.85. The topological polar surface area (TPSA) is 44.8 Å². The van der Waals surface area contributed by atoms with Crippen molar-refractivity contribution in [2.45, 2.75) is 39.3 Å². The van der Waals surface area contributed by atoms with Gasteiger partial charge < -0.3 is 13.9 Å². The van der Waals surface area contributed by atoms with Gasteiger partial charge in [0.05, 0.1) is 14.2 Å². The molecule has 0 aromatic heterocycles. The molecule has 0 unspecified atom stereocenters. The van der Waals surface area contributed by atoms with Crippen LogP contribution in [0.5, 0.6) is 11.5 Å². The van der Waals surface area contributed by atoms with Gasteiger partial charge in [0.25, 0.3) is 0 Å². The van der Waals surface area contributed by atoms with Crippen LogP contribution in [-0.2, 0) is 10.2 Å². The van der Waals surface area contributed by atoms with Crippen LogP contribution in [0, 0.1) is 0 Å². The van der Waals surface area contributed by atoms with Crippen molar-refractivity contribution in [3.05, 3.63) is 23.3 Å². The van der Waals surface area contributed by atoms with Crippen LogP contribution in [0.25, 0.3) is 0 Å². The van der Waals surface area contributed by atoms with E-state index in [0.29, 0.717) is 11.3 Å². The van der Waals surface area contributed by atoms with Crippen molar-refractivity contribution in [3.8, 4) is 11.5 Å². The van der Waals surface area contributed by atoms with Crippen LogP contribution < -0.4 is 9.16 Å². The molecule has 5 heteroatoms. The molecule has 0 aliphatic rings. The Bertz CT molecular complexity index is 489. The molecule has 1 aromatic carbocycles. The molecule has 0 aliphatic heterocycles. The van der Waals surface area contributed by atoms with Crippen LogP contribution in [0.3, 0.4) is 0 Å². The molecule has 0 saturated carbocycles. The summed E-state index contributed by atoms with van der Waals surface area (Å²) in [4.78, 5) is 12.0. The maximum atomic E-state index is 12.0. The van der Waals surface area contributed by atoms with E-state index in [4.69, 9.17) is 13.9 Å². The van der Waals surface area contributed by atoms with Crippen LogP contribution >= 0.6 is 0 Å². The van der Waals surface area contributed by atoms with Gasteiger partial charge in [-0.15, -0.1) is 0 Å². The number of methoxy groups -OCH3 is 2. The highest BCUT2D eigenvalue weighted by atomic mass is 28.3. The molecule has 0 N–H and O–H groups in total. The molecule has 4 nitrogen and oxygen atoms in total. The highest BCUT2D eigenvalue weighted by molar-refractivity contribution is 6.49. The second kappa shape index (κ2) is 6.30. The molecule has 0 aliphatic carbocycles. The Morgan fingerprint density at radius 2 is 1.75 bits per heavy atom. The molecular weight excluding hydrogens is 272 g/mol. The molecule has 0 radical (unpaired) electrons. The van der Waals surface area contributed by atoms with E-state index < -0.39 is 9.04 Å². The first-order valence-corrected chi connectivity index (χ1v) is 9.46. The van der Waals surface area contributed by atoms with Crippen molar-refractivity contribution in [1.82, 2.24) is 0 Å². The SMILES string of the molecule is COC(=O)c1ccc(OC)c(C(C)(C)C)c1O[SiH](C)C. The summed E-state index contributed by atoms with van der Waals surface area (Å²) in [6.45, 7) is 10.3. The minimum atomic E-state index is -1.37. The van der Waals surface area contributed by atoms with Gasteiger partial charge in [-0.3, -0.25) is 0 Å². The third kappa shape index (κ3) is 3.54. The summed E-state index contributed by atoms with van der Waals surface area (Å²) in [6, 6.07) is 3.49. The van der Waals surface area contributed by atoms with Gasteiger partial charge in [-0.05, 0) is 30.6 Å². The Morgan fingerprint density at radius 3 is 2.15 bits per heavy atom. The van der Waals surface area contributed by atoms with Gasteiger partial charge in [0.2, 0.25) is 9.04 Å².